The lowest BCUT2D eigenvalue weighted by molar-refractivity contribution is 0.403. The van der Waals surface area contributed by atoms with Crippen LogP contribution >= 0.6 is 11.3 Å². The molecule has 106 valence electrons. The number of hydrogen-bond donors (Lipinski definition) is 1. The predicted molar refractivity (Wildman–Crippen MR) is 84.8 cm³/mol. The van der Waals surface area contributed by atoms with Crippen molar-refractivity contribution < 1.29 is 0 Å². The van der Waals surface area contributed by atoms with Gasteiger partial charge in [0, 0.05) is 17.3 Å². The van der Waals surface area contributed by atoms with E-state index in [2.05, 4.69) is 12.2 Å². The third-order valence-electron chi connectivity index (χ3n) is 4.65. The standard InChI is InChI=1S/C16H21N3S/c1-2-17-15-13-11-8-3-4-9-12(11)20-16(13)19-14(18-15)10-6-5-7-10/h10H,2-9H2,1H3,(H,17,18,19). The molecule has 20 heavy (non-hydrogen) atoms. The molecule has 2 heterocycles. The van der Waals surface area contributed by atoms with Crippen LogP contribution in [0.3, 0.4) is 0 Å². The fourth-order valence-electron chi connectivity index (χ4n) is 3.32. The zero-order chi connectivity index (χ0) is 13.5. The summed E-state index contributed by atoms with van der Waals surface area (Å²) < 4.78 is 0. The third-order valence-corrected chi connectivity index (χ3v) is 5.83. The number of nitrogens with one attached hydrogen (secondary N) is 1. The van der Waals surface area contributed by atoms with E-state index in [1.165, 1.54) is 60.7 Å². The first kappa shape index (κ1) is 12.6. The number of nitrogens with zero attached hydrogens (tertiary/aromatic N) is 2. The summed E-state index contributed by atoms with van der Waals surface area (Å²) in [6, 6.07) is 0. The van der Waals surface area contributed by atoms with Crippen molar-refractivity contribution in [3.05, 3.63) is 16.3 Å². The first-order chi connectivity index (χ1) is 9.86. The van der Waals surface area contributed by atoms with E-state index in [0.29, 0.717) is 5.92 Å². The minimum absolute atomic E-state index is 0.607. The third kappa shape index (κ3) is 1.93. The van der Waals surface area contributed by atoms with Gasteiger partial charge in [0.1, 0.15) is 16.5 Å². The molecular weight excluding hydrogens is 266 g/mol. The molecule has 4 heteroatoms. The van der Waals surface area contributed by atoms with Crippen LogP contribution in [0.4, 0.5) is 5.82 Å². The summed E-state index contributed by atoms with van der Waals surface area (Å²) in [5.74, 6) is 2.79. The number of thiophene rings is 1. The van der Waals surface area contributed by atoms with E-state index in [1.807, 2.05) is 11.3 Å². The number of anilines is 1. The van der Waals surface area contributed by atoms with Gasteiger partial charge in [0.15, 0.2) is 0 Å². The van der Waals surface area contributed by atoms with E-state index in [-0.39, 0.29) is 0 Å². The van der Waals surface area contributed by atoms with Crippen molar-refractivity contribution in [2.75, 3.05) is 11.9 Å². The quantitative estimate of drug-likeness (QED) is 0.916. The molecule has 0 unspecified atom stereocenters. The van der Waals surface area contributed by atoms with Gasteiger partial charge in [0.05, 0.1) is 5.39 Å². The van der Waals surface area contributed by atoms with E-state index < -0.39 is 0 Å². The Labute approximate surface area is 123 Å². The smallest absolute Gasteiger partial charge is 0.138 e. The molecule has 0 aromatic carbocycles. The molecule has 2 aliphatic rings. The van der Waals surface area contributed by atoms with Crippen LogP contribution in [0.15, 0.2) is 0 Å². The molecule has 0 spiro atoms. The second kappa shape index (κ2) is 4.99. The maximum absolute atomic E-state index is 4.91. The molecule has 0 radical (unpaired) electrons. The highest BCUT2D eigenvalue weighted by Crippen LogP contribution is 2.41. The summed E-state index contributed by atoms with van der Waals surface area (Å²) in [5.41, 5.74) is 1.53. The van der Waals surface area contributed by atoms with Crippen LogP contribution in [-0.4, -0.2) is 16.5 Å². The van der Waals surface area contributed by atoms with Crippen LogP contribution in [0.2, 0.25) is 0 Å². The fraction of sp³-hybridized carbons (Fsp3) is 0.625. The molecule has 2 aromatic heterocycles. The largest absolute Gasteiger partial charge is 0.370 e. The van der Waals surface area contributed by atoms with Crippen molar-refractivity contribution in [2.24, 2.45) is 0 Å². The molecule has 2 aromatic rings. The van der Waals surface area contributed by atoms with E-state index in [4.69, 9.17) is 9.97 Å². The van der Waals surface area contributed by atoms with Gasteiger partial charge < -0.3 is 5.32 Å². The maximum atomic E-state index is 4.91. The normalized spacial score (nSPS) is 18.9. The Bertz CT molecular complexity index is 643. The van der Waals surface area contributed by atoms with Crippen molar-refractivity contribution in [1.29, 1.82) is 0 Å². The lowest BCUT2D eigenvalue weighted by atomic mass is 9.85. The zero-order valence-electron chi connectivity index (χ0n) is 12.0. The number of aromatic nitrogens is 2. The molecule has 0 aliphatic heterocycles. The average Bonchev–Trinajstić information content (AvgIpc) is 2.75. The Morgan fingerprint density at radius 3 is 2.75 bits per heavy atom. The van der Waals surface area contributed by atoms with Gasteiger partial charge in [-0.3, -0.25) is 0 Å². The Morgan fingerprint density at radius 2 is 2.00 bits per heavy atom. The van der Waals surface area contributed by atoms with Gasteiger partial charge in [0.2, 0.25) is 0 Å². The topological polar surface area (TPSA) is 37.8 Å². The molecular formula is C16H21N3S. The number of aryl methyl sites for hydroxylation is 2. The summed E-state index contributed by atoms with van der Waals surface area (Å²) in [6.45, 7) is 3.08. The Morgan fingerprint density at radius 1 is 1.15 bits per heavy atom. The van der Waals surface area contributed by atoms with Gasteiger partial charge >= 0.3 is 0 Å². The Kier molecular flexibility index (Phi) is 3.14. The van der Waals surface area contributed by atoms with Gasteiger partial charge in [-0.05, 0) is 51.0 Å². The fourth-order valence-corrected chi connectivity index (χ4v) is 4.59. The van der Waals surface area contributed by atoms with E-state index in [9.17, 15) is 0 Å². The second-order valence-electron chi connectivity index (χ2n) is 5.98. The van der Waals surface area contributed by atoms with E-state index in [0.717, 1.165) is 18.2 Å². The van der Waals surface area contributed by atoms with Gasteiger partial charge in [-0.2, -0.15) is 0 Å². The molecule has 0 bridgehead atoms. The van der Waals surface area contributed by atoms with Crippen molar-refractivity contribution >= 4 is 27.4 Å². The SMILES string of the molecule is CCNc1nc(C2CCC2)nc2sc3c(c12)CCCC3. The highest BCUT2D eigenvalue weighted by Gasteiger charge is 2.26. The maximum Gasteiger partial charge on any atom is 0.138 e. The predicted octanol–water partition coefficient (Wildman–Crippen LogP) is 4.27. The molecule has 1 saturated carbocycles. The molecule has 4 rings (SSSR count). The highest BCUT2D eigenvalue weighted by molar-refractivity contribution is 7.19. The van der Waals surface area contributed by atoms with Gasteiger partial charge in [-0.15, -0.1) is 11.3 Å². The minimum atomic E-state index is 0.607. The summed E-state index contributed by atoms with van der Waals surface area (Å²) in [4.78, 5) is 12.6. The van der Waals surface area contributed by atoms with Crippen LogP contribution in [0.1, 0.15) is 61.2 Å². The van der Waals surface area contributed by atoms with Crippen molar-refractivity contribution in [3.8, 4) is 0 Å². The van der Waals surface area contributed by atoms with Crippen LogP contribution in [0.25, 0.3) is 10.2 Å². The summed E-state index contributed by atoms with van der Waals surface area (Å²) in [5, 5.41) is 4.81. The van der Waals surface area contributed by atoms with E-state index in [1.54, 1.807) is 4.88 Å². The van der Waals surface area contributed by atoms with Crippen LogP contribution in [0.5, 0.6) is 0 Å². The van der Waals surface area contributed by atoms with Crippen LogP contribution in [0, 0.1) is 0 Å². The zero-order valence-corrected chi connectivity index (χ0v) is 12.9. The summed E-state index contributed by atoms with van der Waals surface area (Å²) in [7, 11) is 0. The highest BCUT2D eigenvalue weighted by atomic mass is 32.1. The lowest BCUT2D eigenvalue weighted by Crippen LogP contribution is -2.14. The van der Waals surface area contributed by atoms with Crippen LogP contribution < -0.4 is 5.32 Å². The van der Waals surface area contributed by atoms with Crippen molar-refractivity contribution in [3.63, 3.8) is 0 Å². The minimum Gasteiger partial charge on any atom is -0.370 e. The van der Waals surface area contributed by atoms with Gasteiger partial charge in [-0.25, -0.2) is 9.97 Å². The molecule has 3 nitrogen and oxygen atoms in total. The first-order valence-electron chi connectivity index (χ1n) is 7.93. The molecule has 0 amide bonds. The van der Waals surface area contributed by atoms with Crippen molar-refractivity contribution in [1.82, 2.24) is 9.97 Å². The molecule has 2 aliphatic carbocycles. The van der Waals surface area contributed by atoms with Gasteiger partial charge in [-0.1, -0.05) is 6.42 Å². The number of rotatable bonds is 3. The molecule has 1 N–H and O–H groups in total. The molecule has 0 saturated heterocycles. The molecule has 1 fully saturated rings. The van der Waals surface area contributed by atoms with E-state index >= 15 is 0 Å². The Hall–Kier alpha value is -1.16. The number of hydrogen-bond acceptors (Lipinski definition) is 4. The first-order valence-corrected chi connectivity index (χ1v) is 8.74. The van der Waals surface area contributed by atoms with Crippen LogP contribution in [-0.2, 0) is 12.8 Å². The van der Waals surface area contributed by atoms with Crippen molar-refractivity contribution in [2.45, 2.75) is 57.8 Å². The lowest BCUT2D eigenvalue weighted by Gasteiger charge is -2.24. The molecule has 0 atom stereocenters. The number of fused-ring (bicyclic) bond motifs is 3. The van der Waals surface area contributed by atoms with Gasteiger partial charge in [0.25, 0.3) is 0 Å². The monoisotopic (exact) mass is 287 g/mol. The average molecular weight is 287 g/mol. The summed E-state index contributed by atoms with van der Waals surface area (Å²) >= 11 is 1.91. The second-order valence-corrected chi connectivity index (χ2v) is 7.06. The summed E-state index contributed by atoms with van der Waals surface area (Å²) in [6.07, 6.45) is 8.96. The Balaban J connectivity index is 1.89.